The normalized spacial score (nSPS) is 17.9. The summed E-state index contributed by atoms with van der Waals surface area (Å²) in [5.41, 5.74) is 4.06. The maximum absolute atomic E-state index is 13.6. The molecule has 1 saturated heterocycles. The van der Waals surface area contributed by atoms with Gasteiger partial charge in [0.05, 0.1) is 29.6 Å². The van der Waals surface area contributed by atoms with Gasteiger partial charge < -0.3 is 15.2 Å². The number of carboxylic acids is 1. The van der Waals surface area contributed by atoms with E-state index >= 15 is 0 Å². The minimum Gasteiger partial charge on any atom is -0.625 e. The van der Waals surface area contributed by atoms with Crippen LogP contribution in [0.15, 0.2) is 77.8 Å². The Labute approximate surface area is 270 Å². The molecule has 6 nitrogen and oxygen atoms in total. The Balaban J connectivity index is 0.00000506. The Morgan fingerprint density at radius 2 is 1.67 bits per heavy atom. The minimum atomic E-state index is -0.924. The third-order valence-electron chi connectivity index (χ3n) is 7.98. The van der Waals surface area contributed by atoms with Gasteiger partial charge in [0, 0.05) is 27.1 Å². The molecule has 0 aromatic heterocycles. The molecule has 1 N–H and O–H groups in total. The Hall–Kier alpha value is -2.99. The summed E-state index contributed by atoms with van der Waals surface area (Å²) in [5, 5.41) is 14.9. The molecule has 0 spiro atoms. The minimum absolute atomic E-state index is 0. The van der Waals surface area contributed by atoms with Gasteiger partial charge >= 0.3 is 5.97 Å². The summed E-state index contributed by atoms with van der Waals surface area (Å²) in [6.07, 6.45) is 3.01. The van der Waals surface area contributed by atoms with Crippen molar-refractivity contribution in [3.8, 4) is 0 Å². The molecule has 0 radical (unpaired) electrons. The van der Waals surface area contributed by atoms with E-state index in [9.17, 15) is 14.7 Å². The zero-order chi connectivity index (χ0) is 30.3. The van der Waals surface area contributed by atoms with Crippen LogP contribution < -0.4 is 0 Å². The van der Waals surface area contributed by atoms with Crippen molar-refractivity contribution in [1.29, 1.82) is 0 Å². The topological polar surface area (TPSA) is 84.1 Å². The second-order valence-corrected chi connectivity index (χ2v) is 12.2. The van der Waals surface area contributed by atoms with Gasteiger partial charge in [0.25, 0.3) is 0 Å². The number of carboxylic acid groups (broad SMARTS) is 1. The van der Waals surface area contributed by atoms with Crippen molar-refractivity contribution in [3.63, 3.8) is 0 Å². The molecule has 1 aliphatic rings. The van der Waals surface area contributed by atoms with Crippen molar-refractivity contribution in [1.82, 2.24) is 4.90 Å². The van der Waals surface area contributed by atoms with Crippen LogP contribution in [-0.4, -0.2) is 52.3 Å². The second-order valence-electron chi connectivity index (χ2n) is 11.7. The molecule has 1 heterocycles. The van der Waals surface area contributed by atoms with Crippen LogP contribution in [0.5, 0.6) is 0 Å². The van der Waals surface area contributed by atoms with E-state index < -0.39 is 17.6 Å². The van der Waals surface area contributed by atoms with E-state index in [1.54, 1.807) is 18.2 Å². The first-order chi connectivity index (χ1) is 20.1. The molecule has 232 valence electrons. The predicted molar refractivity (Wildman–Crippen MR) is 171 cm³/mol. The van der Waals surface area contributed by atoms with Crippen LogP contribution in [0.2, 0.25) is 5.02 Å². The van der Waals surface area contributed by atoms with Gasteiger partial charge in [0.1, 0.15) is 0 Å². The maximum atomic E-state index is 13.6. The Morgan fingerprint density at radius 1 is 1.02 bits per heavy atom. The quantitative estimate of drug-likeness (QED) is 0.161. The molecule has 0 saturated carbocycles. The number of nitrogens with zero attached hydrogens (tertiary/aromatic N) is 3. The van der Waals surface area contributed by atoms with E-state index in [1.165, 1.54) is 5.56 Å². The maximum Gasteiger partial charge on any atom is 0.305 e. The average molecular weight is 646 g/mol. The molecule has 1 aliphatic heterocycles. The van der Waals surface area contributed by atoms with E-state index in [2.05, 4.69) is 55.3 Å². The molecule has 3 aromatic rings. The van der Waals surface area contributed by atoms with E-state index in [-0.39, 0.29) is 28.8 Å². The molecule has 1 fully saturated rings. The van der Waals surface area contributed by atoms with Crippen LogP contribution in [-0.2, 0) is 38.9 Å². The monoisotopic (exact) mass is 644 g/mol. The Bertz CT molecular complexity index is 1410. The van der Waals surface area contributed by atoms with E-state index in [0.29, 0.717) is 34.3 Å². The number of likely N-dealkylation sites (N-methyl/N-ethyl adjacent to an activating group) is 1. The standard InChI is InChI=1S/C35H42ClN3O3.Ni/c1-5-39-19-9-18-35(39,4)34(42)38-31-17-16-28(36)22-30(31)33(27-10-7-6-8-11-27)37-29(23-32(40)41)21-26-14-12-25(13-15-26)20-24(2)3;/h6-8,10-17,22,24,29H,5,9,18-21,23H2,1-4H3,(H2,37,38,40,41,42);/p-1/t29-,35-;/m1./s1. The number of likely N-dealkylation sites (tertiary alicyclic amines) is 1. The SMILES string of the molecule is CCN1CCC[C@]1(C)C(=O)[N-]c1ccc(Cl)cc1C(=N[C@@H](CC(=O)O)Cc1ccc(CC(C)C)cc1)c1ccccc1.[Ni]. The number of hydrogen-bond donors (Lipinski definition) is 1. The number of halogens is 1. The smallest absolute Gasteiger partial charge is 0.305 e. The number of rotatable bonds is 12. The molecular weight excluding hydrogens is 605 g/mol. The number of aliphatic carboxylic acids is 1. The van der Waals surface area contributed by atoms with Crippen LogP contribution >= 0.6 is 11.6 Å². The van der Waals surface area contributed by atoms with E-state index in [4.69, 9.17) is 16.6 Å². The van der Waals surface area contributed by atoms with Crippen molar-refractivity contribution in [2.75, 3.05) is 13.1 Å². The molecule has 0 unspecified atom stereocenters. The van der Waals surface area contributed by atoms with Gasteiger partial charge in [-0.05, 0) is 80.4 Å². The van der Waals surface area contributed by atoms with Crippen molar-refractivity contribution >= 4 is 34.9 Å². The molecule has 8 heteroatoms. The summed E-state index contributed by atoms with van der Waals surface area (Å²) in [5.74, 6) is -0.562. The fourth-order valence-electron chi connectivity index (χ4n) is 5.79. The molecule has 43 heavy (non-hydrogen) atoms. The number of carbonyl (C=O) groups is 2. The van der Waals surface area contributed by atoms with Crippen molar-refractivity contribution in [2.45, 2.75) is 71.4 Å². The van der Waals surface area contributed by atoms with Crippen molar-refractivity contribution in [2.24, 2.45) is 10.9 Å². The summed E-state index contributed by atoms with van der Waals surface area (Å²) >= 11 is 6.50. The Morgan fingerprint density at radius 3 is 2.28 bits per heavy atom. The fourth-order valence-corrected chi connectivity index (χ4v) is 5.96. The predicted octanol–water partition coefficient (Wildman–Crippen LogP) is 7.87. The molecule has 2 atom stereocenters. The van der Waals surface area contributed by atoms with Crippen LogP contribution in [0.3, 0.4) is 0 Å². The number of hydrogen-bond acceptors (Lipinski definition) is 4. The van der Waals surface area contributed by atoms with Gasteiger partial charge in [-0.3, -0.25) is 14.7 Å². The number of benzene rings is 3. The molecule has 1 amide bonds. The summed E-state index contributed by atoms with van der Waals surface area (Å²) in [6.45, 7) is 10.0. The fraction of sp³-hybridized carbons (Fsp3) is 0.400. The number of amides is 1. The number of carbonyl (C=O) groups excluding carboxylic acids is 1. The van der Waals surface area contributed by atoms with Crippen LogP contribution in [0.25, 0.3) is 5.32 Å². The summed E-state index contributed by atoms with van der Waals surface area (Å²) in [7, 11) is 0. The zero-order valence-electron chi connectivity index (χ0n) is 25.3. The molecule has 4 rings (SSSR count). The van der Waals surface area contributed by atoms with Gasteiger partial charge in [-0.1, -0.05) is 93.0 Å². The van der Waals surface area contributed by atoms with Crippen molar-refractivity contribution < 1.29 is 31.2 Å². The van der Waals surface area contributed by atoms with Crippen molar-refractivity contribution in [3.05, 3.63) is 105 Å². The second kappa shape index (κ2) is 15.7. The van der Waals surface area contributed by atoms with Crippen LogP contribution in [0.4, 0.5) is 5.69 Å². The first kappa shape index (κ1) is 34.5. The van der Waals surface area contributed by atoms with Gasteiger partial charge in [0.15, 0.2) is 0 Å². The zero-order valence-corrected chi connectivity index (χ0v) is 27.1. The van der Waals surface area contributed by atoms with Crippen LogP contribution in [0, 0.1) is 5.92 Å². The molecule has 3 aromatic carbocycles. The van der Waals surface area contributed by atoms with Crippen LogP contribution in [0.1, 0.15) is 69.2 Å². The third-order valence-corrected chi connectivity index (χ3v) is 8.21. The molecule has 0 bridgehead atoms. The van der Waals surface area contributed by atoms with Gasteiger partial charge in [-0.2, -0.15) is 0 Å². The Kier molecular flexibility index (Phi) is 12.6. The summed E-state index contributed by atoms with van der Waals surface area (Å²) in [4.78, 5) is 32.9. The van der Waals surface area contributed by atoms with E-state index in [1.807, 2.05) is 37.3 Å². The third kappa shape index (κ3) is 9.01. The molecule has 0 aliphatic carbocycles. The first-order valence-corrected chi connectivity index (χ1v) is 15.2. The largest absolute Gasteiger partial charge is 0.625 e. The van der Waals surface area contributed by atoms with Gasteiger partial charge in [-0.15, -0.1) is 5.69 Å². The summed E-state index contributed by atoms with van der Waals surface area (Å²) in [6, 6.07) is 22.6. The molecular formula is C35H41ClN3NiO3-. The van der Waals surface area contributed by atoms with Gasteiger partial charge in [0.2, 0.25) is 0 Å². The average Bonchev–Trinajstić information content (AvgIpc) is 3.35. The number of aliphatic imine (C=N–C) groups is 1. The summed E-state index contributed by atoms with van der Waals surface area (Å²) < 4.78 is 0. The van der Waals surface area contributed by atoms with E-state index in [0.717, 1.165) is 43.5 Å². The first-order valence-electron chi connectivity index (χ1n) is 14.8. The van der Waals surface area contributed by atoms with Gasteiger partial charge in [-0.25, -0.2) is 0 Å².